The molecule has 1 aliphatic rings. The fourth-order valence-electron chi connectivity index (χ4n) is 4.09. The molecule has 3 aromatic carbocycles. The molecule has 0 N–H and O–H groups in total. The smallest absolute Gasteiger partial charge is 0.237 e. The third kappa shape index (κ3) is 4.28. The summed E-state index contributed by atoms with van der Waals surface area (Å²) < 4.78 is 2.19. The number of amides is 1. The van der Waals surface area contributed by atoms with Crippen molar-refractivity contribution in [1.29, 1.82) is 0 Å². The Morgan fingerprint density at radius 3 is 2.53 bits per heavy atom. The van der Waals surface area contributed by atoms with Gasteiger partial charge in [-0.3, -0.25) is 4.79 Å². The SMILES string of the molecule is CCN(C(=O)CSc1nnc(C2CC2)n1Cc1ccccc1)c1cccc2ccccc12. The first-order chi connectivity index (χ1) is 15.7. The molecule has 5 nitrogen and oxygen atoms in total. The van der Waals surface area contributed by atoms with Crippen LogP contribution in [-0.2, 0) is 11.3 Å². The molecule has 162 valence electrons. The molecule has 0 atom stereocenters. The molecule has 0 bridgehead atoms. The molecule has 4 aromatic rings. The molecule has 1 saturated carbocycles. The number of fused-ring (bicyclic) bond motifs is 1. The van der Waals surface area contributed by atoms with Crippen LogP contribution in [0.1, 0.15) is 37.1 Å². The van der Waals surface area contributed by atoms with Crippen LogP contribution in [0, 0.1) is 0 Å². The van der Waals surface area contributed by atoms with Gasteiger partial charge >= 0.3 is 0 Å². The van der Waals surface area contributed by atoms with E-state index in [1.807, 2.05) is 42.2 Å². The zero-order chi connectivity index (χ0) is 21.9. The Morgan fingerprint density at radius 1 is 1.00 bits per heavy atom. The van der Waals surface area contributed by atoms with Gasteiger partial charge in [-0.1, -0.05) is 78.5 Å². The lowest BCUT2D eigenvalue weighted by Gasteiger charge is -2.22. The van der Waals surface area contributed by atoms with E-state index in [0.29, 0.717) is 18.2 Å². The molecule has 1 amide bonds. The van der Waals surface area contributed by atoms with Crippen molar-refractivity contribution in [1.82, 2.24) is 14.8 Å². The topological polar surface area (TPSA) is 51.0 Å². The summed E-state index contributed by atoms with van der Waals surface area (Å²) in [7, 11) is 0. The number of anilines is 1. The lowest BCUT2D eigenvalue weighted by atomic mass is 10.1. The normalized spacial score (nSPS) is 13.4. The van der Waals surface area contributed by atoms with Crippen LogP contribution in [0.25, 0.3) is 10.8 Å². The molecule has 32 heavy (non-hydrogen) atoms. The Kier molecular flexibility index (Phi) is 5.95. The first kappa shape index (κ1) is 20.8. The maximum Gasteiger partial charge on any atom is 0.237 e. The van der Waals surface area contributed by atoms with E-state index < -0.39 is 0 Å². The number of benzene rings is 3. The summed E-state index contributed by atoms with van der Waals surface area (Å²) in [5.74, 6) is 1.95. The highest BCUT2D eigenvalue weighted by Gasteiger charge is 2.30. The molecule has 1 fully saturated rings. The summed E-state index contributed by atoms with van der Waals surface area (Å²) in [6, 6.07) is 24.7. The highest BCUT2D eigenvalue weighted by molar-refractivity contribution is 7.99. The van der Waals surface area contributed by atoms with E-state index >= 15 is 0 Å². The zero-order valence-corrected chi connectivity index (χ0v) is 19.0. The summed E-state index contributed by atoms with van der Waals surface area (Å²) in [6.07, 6.45) is 2.34. The van der Waals surface area contributed by atoms with E-state index in [-0.39, 0.29) is 5.91 Å². The van der Waals surface area contributed by atoms with Crippen molar-refractivity contribution in [2.75, 3.05) is 17.2 Å². The van der Waals surface area contributed by atoms with Crippen molar-refractivity contribution < 1.29 is 4.79 Å². The summed E-state index contributed by atoms with van der Waals surface area (Å²) in [4.78, 5) is 15.1. The van der Waals surface area contributed by atoms with Gasteiger partial charge in [-0.05, 0) is 36.8 Å². The van der Waals surface area contributed by atoms with Crippen molar-refractivity contribution in [3.05, 3.63) is 84.2 Å². The van der Waals surface area contributed by atoms with Gasteiger partial charge < -0.3 is 9.47 Å². The number of carbonyl (C=O) groups is 1. The average molecular weight is 443 g/mol. The summed E-state index contributed by atoms with van der Waals surface area (Å²) >= 11 is 1.48. The lowest BCUT2D eigenvalue weighted by molar-refractivity contribution is -0.116. The third-order valence-electron chi connectivity index (χ3n) is 5.87. The average Bonchev–Trinajstić information content (AvgIpc) is 3.60. The van der Waals surface area contributed by atoms with Gasteiger partial charge in [-0.2, -0.15) is 0 Å². The molecular formula is C26H26N4OS. The van der Waals surface area contributed by atoms with E-state index in [1.54, 1.807) is 0 Å². The van der Waals surface area contributed by atoms with Crippen molar-refractivity contribution in [2.24, 2.45) is 0 Å². The lowest BCUT2D eigenvalue weighted by Crippen LogP contribution is -2.32. The van der Waals surface area contributed by atoms with Gasteiger partial charge in [0.25, 0.3) is 0 Å². The van der Waals surface area contributed by atoms with Crippen LogP contribution < -0.4 is 4.90 Å². The van der Waals surface area contributed by atoms with Crippen LogP contribution in [0.2, 0.25) is 0 Å². The second kappa shape index (κ2) is 9.17. The number of aromatic nitrogens is 3. The number of hydrogen-bond acceptors (Lipinski definition) is 4. The fraction of sp³-hybridized carbons (Fsp3) is 0.269. The largest absolute Gasteiger partial charge is 0.311 e. The quantitative estimate of drug-likeness (QED) is 0.338. The molecule has 0 saturated heterocycles. The van der Waals surface area contributed by atoms with Crippen LogP contribution in [-0.4, -0.2) is 33.0 Å². The van der Waals surface area contributed by atoms with Gasteiger partial charge in [0.15, 0.2) is 5.16 Å². The van der Waals surface area contributed by atoms with Crippen molar-refractivity contribution in [3.8, 4) is 0 Å². The predicted octanol–water partition coefficient (Wildman–Crippen LogP) is 5.50. The number of carbonyl (C=O) groups excluding carboxylic acids is 1. The van der Waals surface area contributed by atoms with Crippen molar-refractivity contribution in [2.45, 2.75) is 37.4 Å². The fourth-order valence-corrected chi connectivity index (χ4v) is 4.91. The number of nitrogens with zero attached hydrogens (tertiary/aromatic N) is 4. The maximum atomic E-state index is 13.3. The van der Waals surface area contributed by atoms with Gasteiger partial charge in [0.2, 0.25) is 5.91 Å². The molecule has 6 heteroatoms. The highest BCUT2D eigenvalue weighted by atomic mass is 32.2. The van der Waals surface area contributed by atoms with Crippen LogP contribution in [0.15, 0.2) is 78.0 Å². The minimum atomic E-state index is 0.0797. The third-order valence-corrected chi connectivity index (χ3v) is 6.82. The molecule has 1 aliphatic carbocycles. The summed E-state index contributed by atoms with van der Waals surface area (Å²) in [5, 5.41) is 12.0. The monoisotopic (exact) mass is 442 g/mol. The predicted molar refractivity (Wildman–Crippen MR) is 130 cm³/mol. The van der Waals surface area contributed by atoms with Gasteiger partial charge in [-0.25, -0.2) is 0 Å². The Balaban J connectivity index is 1.36. The number of rotatable bonds is 8. The van der Waals surface area contributed by atoms with Gasteiger partial charge in [-0.15, -0.1) is 10.2 Å². The highest BCUT2D eigenvalue weighted by Crippen LogP contribution is 2.40. The van der Waals surface area contributed by atoms with E-state index in [4.69, 9.17) is 0 Å². The van der Waals surface area contributed by atoms with E-state index in [2.05, 4.69) is 57.2 Å². The first-order valence-electron chi connectivity index (χ1n) is 11.1. The molecule has 0 unspecified atom stereocenters. The van der Waals surface area contributed by atoms with E-state index in [1.165, 1.54) is 30.2 Å². The van der Waals surface area contributed by atoms with Crippen molar-refractivity contribution in [3.63, 3.8) is 0 Å². The second-order valence-corrected chi connectivity index (χ2v) is 9.05. The van der Waals surface area contributed by atoms with Gasteiger partial charge in [0.05, 0.1) is 18.0 Å². The molecule has 0 aliphatic heterocycles. The zero-order valence-electron chi connectivity index (χ0n) is 18.1. The Bertz CT molecular complexity index is 1230. The molecule has 1 heterocycles. The Labute approximate surface area is 192 Å². The van der Waals surface area contributed by atoms with Gasteiger partial charge in [0, 0.05) is 17.8 Å². The minimum Gasteiger partial charge on any atom is -0.311 e. The Morgan fingerprint density at radius 2 is 1.75 bits per heavy atom. The number of hydrogen-bond donors (Lipinski definition) is 0. The summed E-state index contributed by atoms with van der Waals surface area (Å²) in [5.41, 5.74) is 2.17. The standard InChI is InChI=1S/C26H26N4OS/c1-2-29(23-14-8-12-20-11-6-7-13-22(20)23)24(31)18-32-26-28-27-25(21-15-16-21)30(26)17-19-9-4-3-5-10-19/h3-14,21H,2,15-18H2,1H3. The molecule has 5 rings (SSSR count). The van der Waals surface area contributed by atoms with E-state index in [0.717, 1.165) is 34.0 Å². The number of thioether (sulfide) groups is 1. The van der Waals surface area contributed by atoms with Crippen LogP contribution in [0.3, 0.4) is 0 Å². The first-order valence-corrected chi connectivity index (χ1v) is 12.1. The molecular weight excluding hydrogens is 416 g/mol. The molecule has 1 aromatic heterocycles. The van der Waals surface area contributed by atoms with Crippen LogP contribution in [0.4, 0.5) is 5.69 Å². The van der Waals surface area contributed by atoms with Crippen LogP contribution >= 0.6 is 11.8 Å². The van der Waals surface area contributed by atoms with E-state index in [9.17, 15) is 4.79 Å². The molecule has 0 spiro atoms. The van der Waals surface area contributed by atoms with Crippen LogP contribution in [0.5, 0.6) is 0 Å². The minimum absolute atomic E-state index is 0.0797. The Hall–Kier alpha value is -3.12. The summed E-state index contributed by atoms with van der Waals surface area (Å²) in [6.45, 7) is 3.38. The van der Waals surface area contributed by atoms with Crippen molar-refractivity contribution >= 4 is 34.1 Å². The second-order valence-electron chi connectivity index (χ2n) is 8.11. The maximum absolute atomic E-state index is 13.3. The van der Waals surface area contributed by atoms with Gasteiger partial charge in [0.1, 0.15) is 5.82 Å². The molecule has 0 radical (unpaired) electrons.